The van der Waals surface area contributed by atoms with Crippen molar-refractivity contribution in [3.63, 3.8) is 0 Å². The van der Waals surface area contributed by atoms with Crippen LogP contribution in [0, 0.1) is 11.3 Å². The summed E-state index contributed by atoms with van der Waals surface area (Å²) < 4.78 is 2.01. The summed E-state index contributed by atoms with van der Waals surface area (Å²) in [7, 11) is 1.97. The number of nitrogens with one attached hydrogen (secondary N) is 1. The molecule has 120 valence electrons. The first kappa shape index (κ1) is 15.3. The fourth-order valence-corrected chi connectivity index (χ4v) is 3.09. The molecule has 1 atom stereocenters. The van der Waals surface area contributed by atoms with Gasteiger partial charge in [-0.2, -0.15) is 5.26 Å². The SMILES string of the molecule is CCN1CCN(C(=O)c2c[nH]c(C#N)c2)C[C@@H]1c1nccn1C. The smallest absolute Gasteiger partial charge is 0.255 e. The van der Waals surface area contributed by atoms with Gasteiger partial charge in [0.1, 0.15) is 17.6 Å². The Morgan fingerprint density at radius 1 is 1.52 bits per heavy atom. The Morgan fingerprint density at radius 2 is 2.35 bits per heavy atom. The molecule has 0 bridgehead atoms. The highest BCUT2D eigenvalue weighted by Gasteiger charge is 2.32. The summed E-state index contributed by atoms with van der Waals surface area (Å²) in [5, 5.41) is 8.88. The lowest BCUT2D eigenvalue weighted by molar-refractivity contribution is 0.0473. The van der Waals surface area contributed by atoms with Crippen LogP contribution >= 0.6 is 0 Å². The molecule has 7 nitrogen and oxygen atoms in total. The van der Waals surface area contributed by atoms with Gasteiger partial charge in [-0.15, -0.1) is 0 Å². The summed E-state index contributed by atoms with van der Waals surface area (Å²) in [5.74, 6) is 0.925. The van der Waals surface area contributed by atoms with E-state index in [0.717, 1.165) is 18.9 Å². The molecule has 7 heteroatoms. The summed E-state index contributed by atoms with van der Waals surface area (Å²) in [4.78, 5) is 24.1. The summed E-state index contributed by atoms with van der Waals surface area (Å²) in [6.45, 7) is 5.14. The number of aromatic amines is 1. The van der Waals surface area contributed by atoms with Crippen molar-refractivity contribution in [1.29, 1.82) is 5.26 Å². The first-order valence-corrected chi connectivity index (χ1v) is 7.73. The van der Waals surface area contributed by atoms with Gasteiger partial charge in [-0.3, -0.25) is 9.69 Å². The van der Waals surface area contributed by atoms with E-state index in [2.05, 4.69) is 21.8 Å². The van der Waals surface area contributed by atoms with Gasteiger partial charge in [-0.05, 0) is 12.6 Å². The molecular weight excluding hydrogens is 292 g/mol. The van der Waals surface area contributed by atoms with Crippen molar-refractivity contribution in [3.05, 3.63) is 41.7 Å². The van der Waals surface area contributed by atoms with Crippen LogP contribution in [0.4, 0.5) is 0 Å². The number of nitrogens with zero attached hydrogens (tertiary/aromatic N) is 5. The number of rotatable bonds is 3. The highest BCUT2D eigenvalue weighted by molar-refractivity contribution is 5.94. The number of amides is 1. The summed E-state index contributed by atoms with van der Waals surface area (Å²) in [6, 6.07) is 3.70. The number of hydrogen-bond acceptors (Lipinski definition) is 4. The topological polar surface area (TPSA) is 81.0 Å². The molecule has 1 N–H and O–H groups in total. The van der Waals surface area contributed by atoms with Crippen molar-refractivity contribution in [1.82, 2.24) is 24.3 Å². The van der Waals surface area contributed by atoms with Gasteiger partial charge in [0.25, 0.3) is 5.91 Å². The molecule has 0 aliphatic carbocycles. The third kappa shape index (κ3) is 2.85. The van der Waals surface area contributed by atoms with Crippen molar-refractivity contribution in [2.45, 2.75) is 13.0 Å². The number of carbonyl (C=O) groups is 1. The van der Waals surface area contributed by atoms with Crippen LogP contribution in [-0.2, 0) is 7.05 Å². The molecule has 0 unspecified atom stereocenters. The van der Waals surface area contributed by atoms with Crippen LogP contribution < -0.4 is 0 Å². The zero-order valence-electron chi connectivity index (χ0n) is 13.4. The van der Waals surface area contributed by atoms with Gasteiger partial charge in [0, 0.05) is 45.3 Å². The van der Waals surface area contributed by atoms with E-state index >= 15 is 0 Å². The largest absolute Gasteiger partial charge is 0.352 e. The Morgan fingerprint density at radius 3 is 2.96 bits per heavy atom. The third-order valence-corrected chi connectivity index (χ3v) is 4.39. The number of aromatic nitrogens is 3. The van der Waals surface area contributed by atoms with E-state index < -0.39 is 0 Å². The standard InChI is InChI=1S/C16H20N6O/c1-3-21-6-7-22(11-14(21)15-18-4-5-20(15)2)16(23)12-8-13(9-17)19-10-12/h4-5,8,10,14,19H,3,6-7,11H2,1-2H3/t14-/m1/s1. The maximum atomic E-state index is 12.7. The number of carbonyl (C=O) groups excluding carboxylic acids is 1. The van der Waals surface area contributed by atoms with E-state index in [1.54, 1.807) is 18.5 Å². The van der Waals surface area contributed by atoms with Gasteiger partial charge >= 0.3 is 0 Å². The molecule has 0 saturated carbocycles. The summed E-state index contributed by atoms with van der Waals surface area (Å²) >= 11 is 0. The molecule has 0 aromatic carbocycles. The second-order valence-electron chi connectivity index (χ2n) is 5.71. The van der Waals surface area contributed by atoms with Crippen LogP contribution in [0.3, 0.4) is 0 Å². The Kier molecular flexibility index (Phi) is 4.17. The molecule has 1 amide bonds. The van der Waals surface area contributed by atoms with E-state index in [1.807, 2.05) is 28.8 Å². The summed E-state index contributed by atoms with van der Waals surface area (Å²) in [6.07, 6.45) is 5.31. The van der Waals surface area contributed by atoms with Crippen molar-refractivity contribution in [2.24, 2.45) is 7.05 Å². The van der Waals surface area contributed by atoms with E-state index in [-0.39, 0.29) is 11.9 Å². The Balaban J connectivity index is 1.81. The minimum Gasteiger partial charge on any atom is -0.352 e. The van der Waals surface area contributed by atoms with Crippen LogP contribution in [-0.4, -0.2) is 56.4 Å². The number of H-pyrrole nitrogens is 1. The maximum Gasteiger partial charge on any atom is 0.255 e. The molecule has 2 aromatic heterocycles. The van der Waals surface area contributed by atoms with Gasteiger partial charge in [0.2, 0.25) is 0 Å². The lowest BCUT2D eigenvalue weighted by Crippen LogP contribution is -2.50. The zero-order valence-corrected chi connectivity index (χ0v) is 13.4. The molecule has 2 aromatic rings. The Hall–Kier alpha value is -2.59. The lowest BCUT2D eigenvalue weighted by Gasteiger charge is -2.40. The molecular formula is C16H20N6O. The van der Waals surface area contributed by atoms with Crippen LogP contribution in [0.2, 0.25) is 0 Å². The number of likely N-dealkylation sites (N-methyl/N-ethyl adjacent to an activating group) is 1. The van der Waals surface area contributed by atoms with Crippen LogP contribution in [0.25, 0.3) is 0 Å². The van der Waals surface area contributed by atoms with Crippen LogP contribution in [0.15, 0.2) is 24.7 Å². The molecule has 1 aliphatic rings. The van der Waals surface area contributed by atoms with Gasteiger partial charge in [-0.1, -0.05) is 6.92 Å². The average Bonchev–Trinajstić information content (AvgIpc) is 3.22. The minimum atomic E-state index is -0.0438. The molecule has 1 fully saturated rings. The van der Waals surface area contributed by atoms with Gasteiger partial charge in [-0.25, -0.2) is 4.98 Å². The third-order valence-electron chi connectivity index (χ3n) is 4.39. The van der Waals surface area contributed by atoms with Gasteiger partial charge in [0.05, 0.1) is 11.6 Å². The number of imidazole rings is 1. The highest BCUT2D eigenvalue weighted by Crippen LogP contribution is 2.24. The molecule has 23 heavy (non-hydrogen) atoms. The first-order chi connectivity index (χ1) is 11.1. The fraction of sp³-hybridized carbons (Fsp3) is 0.438. The molecule has 1 saturated heterocycles. The van der Waals surface area contributed by atoms with Crippen molar-refractivity contribution in [3.8, 4) is 6.07 Å². The molecule has 3 rings (SSSR count). The van der Waals surface area contributed by atoms with Crippen LogP contribution in [0.5, 0.6) is 0 Å². The Labute approximate surface area is 135 Å². The van der Waals surface area contributed by atoms with E-state index in [0.29, 0.717) is 24.3 Å². The monoisotopic (exact) mass is 312 g/mol. The van der Waals surface area contributed by atoms with Crippen molar-refractivity contribution in [2.75, 3.05) is 26.2 Å². The fourth-order valence-electron chi connectivity index (χ4n) is 3.09. The van der Waals surface area contributed by atoms with E-state index in [4.69, 9.17) is 5.26 Å². The van der Waals surface area contributed by atoms with Crippen molar-refractivity contribution < 1.29 is 4.79 Å². The number of nitriles is 1. The van der Waals surface area contributed by atoms with Crippen LogP contribution in [0.1, 0.15) is 34.8 Å². The first-order valence-electron chi connectivity index (χ1n) is 7.73. The van der Waals surface area contributed by atoms with Crippen molar-refractivity contribution >= 4 is 5.91 Å². The zero-order chi connectivity index (χ0) is 16.4. The molecule has 3 heterocycles. The number of piperazine rings is 1. The minimum absolute atomic E-state index is 0.0438. The number of aryl methyl sites for hydroxylation is 1. The second kappa shape index (κ2) is 6.26. The Bertz CT molecular complexity index is 740. The quantitative estimate of drug-likeness (QED) is 0.921. The lowest BCUT2D eigenvalue weighted by atomic mass is 10.1. The number of hydrogen-bond donors (Lipinski definition) is 1. The van der Waals surface area contributed by atoms with Gasteiger partial charge in [0.15, 0.2) is 0 Å². The normalized spacial score (nSPS) is 18.8. The van der Waals surface area contributed by atoms with E-state index in [1.165, 1.54) is 0 Å². The summed E-state index contributed by atoms with van der Waals surface area (Å²) in [5.41, 5.74) is 0.936. The van der Waals surface area contributed by atoms with Gasteiger partial charge < -0.3 is 14.5 Å². The predicted octanol–water partition coefficient (Wildman–Crippen LogP) is 1.14. The average molecular weight is 312 g/mol. The molecule has 0 spiro atoms. The molecule has 1 aliphatic heterocycles. The van der Waals surface area contributed by atoms with E-state index in [9.17, 15) is 4.79 Å². The highest BCUT2D eigenvalue weighted by atomic mass is 16.2. The second-order valence-corrected chi connectivity index (χ2v) is 5.71. The maximum absolute atomic E-state index is 12.7. The predicted molar refractivity (Wildman–Crippen MR) is 84.6 cm³/mol. The molecule has 0 radical (unpaired) electrons.